The number of hydrogen-bond donors (Lipinski definition) is 1. The minimum Gasteiger partial charge on any atom is -0.472 e. The Kier molecular flexibility index (Phi) is 5.83. The first kappa shape index (κ1) is 20.8. The van der Waals surface area contributed by atoms with Crippen molar-refractivity contribution in [3.8, 4) is 28.4 Å². The molecule has 0 radical (unpaired) electrons. The van der Waals surface area contributed by atoms with Crippen LogP contribution in [-0.2, 0) is 6.61 Å². The SMILES string of the molecule is CNc1ccc(COc2cnc(-c3ccccc3)c(-c3cc(Cl)c4ncccc4c3)n2)cn1. The van der Waals surface area contributed by atoms with Gasteiger partial charge < -0.3 is 10.1 Å². The van der Waals surface area contributed by atoms with Crippen LogP contribution in [0.4, 0.5) is 5.82 Å². The van der Waals surface area contributed by atoms with Gasteiger partial charge in [0.05, 0.1) is 22.4 Å². The van der Waals surface area contributed by atoms with Crippen molar-refractivity contribution in [1.82, 2.24) is 19.9 Å². The van der Waals surface area contributed by atoms with Gasteiger partial charge in [0, 0.05) is 41.5 Å². The molecule has 33 heavy (non-hydrogen) atoms. The fourth-order valence-corrected chi connectivity index (χ4v) is 3.83. The summed E-state index contributed by atoms with van der Waals surface area (Å²) in [5, 5.41) is 4.50. The molecule has 5 aromatic rings. The highest BCUT2D eigenvalue weighted by atomic mass is 35.5. The molecule has 3 heterocycles. The van der Waals surface area contributed by atoms with E-state index in [2.05, 4.69) is 15.3 Å². The van der Waals surface area contributed by atoms with E-state index < -0.39 is 0 Å². The molecule has 1 N–H and O–H groups in total. The number of hydrogen-bond acceptors (Lipinski definition) is 6. The van der Waals surface area contributed by atoms with Crippen LogP contribution in [0.15, 0.2) is 85.3 Å². The normalized spacial score (nSPS) is 10.8. The number of ether oxygens (including phenoxy) is 1. The molecule has 0 bridgehead atoms. The summed E-state index contributed by atoms with van der Waals surface area (Å²) in [4.78, 5) is 18.2. The molecule has 0 saturated carbocycles. The van der Waals surface area contributed by atoms with Crippen LogP contribution in [0.3, 0.4) is 0 Å². The van der Waals surface area contributed by atoms with Gasteiger partial charge in [-0.1, -0.05) is 54.1 Å². The van der Waals surface area contributed by atoms with Crippen LogP contribution in [0.5, 0.6) is 5.88 Å². The lowest BCUT2D eigenvalue weighted by Crippen LogP contribution is -2.02. The smallest absolute Gasteiger partial charge is 0.233 e. The number of fused-ring (bicyclic) bond motifs is 1. The molecule has 0 aliphatic heterocycles. The van der Waals surface area contributed by atoms with E-state index >= 15 is 0 Å². The Morgan fingerprint density at radius 3 is 2.52 bits per heavy atom. The molecule has 3 aromatic heterocycles. The van der Waals surface area contributed by atoms with E-state index in [1.54, 1.807) is 18.6 Å². The third kappa shape index (κ3) is 4.47. The predicted molar refractivity (Wildman–Crippen MR) is 131 cm³/mol. The number of aromatic nitrogens is 4. The van der Waals surface area contributed by atoms with E-state index in [4.69, 9.17) is 26.3 Å². The molecule has 6 nitrogen and oxygen atoms in total. The van der Waals surface area contributed by atoms with Gasteiger partial charge in [-0.2, -0.15) is 0 Å². The standard InChI is InChI=1S/C26H20ClN5O/c1-28-22-10-9-17(14-30-22)16-33-23-15-31-25(18-6-3-2-4-7-18)26(32-23)20-12-19-8-5-11-29-24(19)21(27)13-20/h2-15H,16H2,1H3,(H,28,30). The third-order valence-electron chi connectivity index (χ3n) is 5.20. The summed E-state index contributed by atoms with van der Waals surface area (Å²) in [6.07, 6.45) is 5.15. The molecule has 0 fully saturated rings. The Bertz CT molecular complexity index is 1410. The third-order valence-corrected chi connectivity index (χ3v) is 5.49. The topological polar surface area (TPSA) is 72.8 Å². The van der Waals surface area contributed by atoms with Crippen molar-refractivity contribution in [3.63, 3.8) is 0 Å². The van der Waals surface area contributed by atoms with Gasteiger partial charge in [-0.15, -0.1) is 0 Å². The van der Waals surface area contributed by atoms with Crippen molar-refractivity contribution >= 4 is 28.3 Å². The molecule has 0 atom stereocenters. The van der Waals surface area contributed by atoms with Gasteiger partial charge in [-0.25, -0.2) is 15.0 Å². The van der Waals surface area contributed by atoms with Crippen LogP contribution < -0.4 is 10.1 Å². The van der Waals surface area contributed by atoms with E-state index in [0.717, 1.165) is 39.1 Å². The highest BCUT2D eigenvalue weighted by molar-refractivity contribution is 6.35. The number of nitrogens with one attached hydrogen (secondary N) is 1. The maximum atomic E-state index is 6.56. The predicted octanol–water partition coefficient (Wildman–Crippen LogP) is 6.03. The largest absolute Gasteiger partial charge is 0.472 e. The van der Waals surface area contributed by atoms with Gasteiger partial charge in [0.25, 0.3) is 0 Å². The van der Waals surface area contributed by atoms with Crippen molar-refractivity contribution in [2.45, 2.75) is 6.61 Å². The van der Waals surface area contributed by atoms with Gasteiger partial charge in [-0.3, -0.25) is 4.98 Å². The van der Waals surface area contributed by atoms with Crippen LogP contribution in [0.1, 0.15) is 5.56 Å². The maximum absolute atomic E-state index is 6.56. The molecule has 0 spiro atoms. The van der Waals surface area contributed by atoms with Crippen LogP contribution in [0, 0.1) is 0 Å². The van der Waals surface area contributed by atoms with Gasteiger partial charge in [-0.05, 0) is 24.3 Å². The fourth-order valence-electron chi connectivity index (χ4n) is 3.55. The van der Waals surface area contributed by atoms with E-state index in [1.165, 1.54) is 0 Å². The summed E-state index contributed by atoms with van der Waals surface area (Å²) in [7, 11) is 1.83. The molecule has 162 valence electrons. The molecule has 5 rings (SSSR count). The molecule has 0 aliphatic rings. The highest BCUT2D eigenvalue weighted by Gasteiger charge is 2.15. The Balaban J connectivity index is 1.55. The first-order chi connectivity index (χ1) is 16.2. The summed E-state index contributed by atoms with van der Waals surface area (Å²) >= 11 is 6.56. The molecule has 7 heteroatoms. The first-order valence-electron chi connectivity index (χ1n) is 10.4. The van der Waals surface area contributed by atoms with E-state index in [9.17, 15) is 0 Å². The van der Waals surface area contributed by atoms with Gasteiger partial charge in [0.2, 0.25) is 5.88 Å². The fraction of sp³-hybridized carbons (Fsp3) is 0.0769. The maximum Gasteiger partial charge on any atom is 0.233 e. The Morgan fingerprint density at radius 2 is 1.73 bits per heavy atom. The molecule has 2 aromatic carbocycles. The van der Waals surface area contributed by atoms with Crippen LogP contribution in [0.25, 0.3) is 33.4 Å². The number of nitrogens with zero attached hydrogens (tertiary/aromatic N) is 4. The first-order valence-corrected chi connectivity index (χ1v) is 10.8. The lowest BCUT2D eigenvalue weighted by molar-refractivity contribution is 0.292. The summed E-state index contributed by atoms with van der Waals surface area (Å²) in [5.74, 6) is 1.22. The quantitative estimate of drug-likeness (QED) is 0.338. The monoisotopic (exact) mass is 453 g/mol. The Morgan fingerprint density at radius 1 is 0.848 bits per heavy atom. The molecule has 0 aliphatic carbocycles. The molecule has 0 amide bonds. The molecular weight excluding hydrogens is 434 g/mol. The summed E-state index contributed by atoms with van der Waals surface area (Å²) < 4.78 is 5.96. The zero-order valence-corrected chi connectivity index (χ0v) is 18.6. The van der Waals surface area contributed by atoms with Crippen molar-refractivity contribution in [3.05, 3.63) is 95.9 Å². The lowest BCUT2D eigenvalue weighted by atomic mass is 10.0. The van der Waals surface area contributed by atoms with E-state index in [0.29, 0.717) is 23.2 Å². The van der Waals surface area contributed by atoms with Crippen molar-refractivity contribution in [2.75, 3.05) is 12.4 Å². The summed E-state index contributed by atoms with van der Waals surface area (Å²) in [6, 6.07) is 21.6. The summed E-state index contributed by atoms with van der Waals surface area (Å²) in [5.41, 5.74) is 4.93. The van der Waals surface area contributed by atoms with Gasteiger partial charge >= 0.3 is 0 Å². The Hall–Kier alpha value is -4.03. The number of halogens is 1. The minimum atomic E-state index is 0.332. The number of rotatable bonds is 6. The number of benzene rings is 2. The average molecular weight is 454 g/mol. The van der Waals surface area contributed by atoms with Crippen LogP contribution in [-0.4, -0.2) is 27.0 Å². The molecule has 0 saturated heterocycles. The van der Waals surface area contributed by atoms with Crippen LogP contribution in [0.2, 0.25) is 5.02 Å². The zero-order chi connectivity index (χ0) is 22.6. The van der Waals surface area contributed by atoms with E-state index in [-0.39, 0.29) is 0 Å². The second-order valence-corrected chi connectivity index (χ2v) is 7.80. The van der Waals surface area contributed by atoms with Gasteiger partial charge in [0.1, 0.15) is 18.1 Å². The second-order valence-electron chi connectivity index (χ2n) is 7.40. The lowest BCUT2D eigenvalue weighted by Gasteiger charge is -2.13. The van der Waals surface area contributed by atoms with Crippen molar-refractivity contribution in [1.29, 1.82) is 0 Å². The van der Waals surface area contributed by atoms with Crippen molar-refractivity contribution < 1.29 is 4.74 Å². The average Bonchev–Trinajstić information content (AvgIpc) is 2.88. The summed E-state index contributed by atoms with van der Waals surface area (Å²) in [6.45, 7) is 0.332. The zero-order valence-electron chi connectivity index (χ0n) is 17.9. The van der Waals surface area contributed by atoms with Gasteiger partial charge in [0.15, 0.2) is 0 Å². The highest BCUT2D eigenvalue weighted by Crippen LogP contribution is 2.34. The molecule has 0 unspecified atom stereocenters. The number of pyridine rings is 2. The Labute approximate surface area is 196 Å². The van der Waals surface area contributed by atoms with Crippen LogP contribution >= 0.6 is 11.6 Å². The van der Waals surface area contributed by atoms with Crippen molar-refractivity contribution in [2.24, 2.45) is 0 Å². The second kappa shape index (κ2) is 9.22. The minimum absolute atomic E-state index is 0.332. The number of anilines is 1. The van der Waals surface area contributed by atoms with E-state index in [1.807, 2.05) is 73.8 Å². The molecular formula is C26H20ClN5O.